The molecule has 193 valence electrons. The van der Waals surface area contributed by atoms with Crippen molar-refractivity contribution in [1.29, 1.82) is 0 Å². The fourth-order valence-corrected chi connectivity index (χ4v) is 3.58. The molecule has 2 aromatic rings. The summed E-state index contributed by atoms with van der Waals surface area (Å²) in [6.07, 6.45) is 0.487. The molecule has 0 saturated heterocycles. The van der Waals surface area contributed by atoms with E-state index in [9.17, 15) is 19.2 Å². The number of nitrogens with one attached hydrogen (secondary N) is 1. The molecule has 2 atom stereocenters. The first-order chi connectivity index (χ1) is 17.2. The van der Waals surface area contributed by atoms with E-state index in [-0.39, 0.29) is 37.9 Å². The van der Waals surface area contributed by atoms with Crippen LogP contribution in [0.3, 0.4) is 0 Å². The highest BCUT2D eigenvalue weighted by Gasteiger charge is 2.37. The van der Waals surface area contributed by atoms with Crippen LogP contribution in [0.1, 0.15) is 51.7 Å². The van der Waals surface area contributed by atoms with Crippen molar-refractivity contribution >= 4 is 24.4 Å². The topological polar surface area (TPSA) is 102 Å². The summed E-state index contributed by atoms with van der Waals surface area (Å²) in [6, 6.07) is 15.9. The molecule has 8 nitrogen and oxygen atoms in total. The van der Waals surface area contributed by atoms with Crippen LogP contribution in [0, 0.1) is 11.8 Å². The van der Waals surface area contributed by atoms with E-state index in [1.165, 1.54) is 0 Å². The monoisotopic (exact) mass is 495 g/mol. The number of amides is 3. The van der Waals surface area contributed by atoms with Gasteiger partial charge < -0.3 is 14.8 Å². The largest absolute Gasteiger partial charge is 0.445 e. The summed E-state index contributed by atoms with van der Waals surface area (Å²) in [5, 5.41) is 2.57. The van der Waals surface area contributed by atoms with Crippen molar-refractivity contribution in [1.82, 2.24) is 10.2 Å². The molecule has 0 heterocycles. The van der Waals surface area contributed by atoms with Gasteiger partial charge in [0.15, 0.2) is 0 Å². The van der Waals surface area contributed by atoms with Crippen LogP contribution in [0.4, 0.5) is 9.59 Å². The Morgan fingerprint density at radius 2 is 1.31 bits per heavy atom. The fourth-order valence-electron chi connectivity index (χ4n) is 3.58. The SMILES string of the molecule is CC(C)C[C@H](NC(=O)OCc1ccccc1)C(=O)N(C(=O)OCc1ccccc1)[C@H]([C]=O)CC(C)C. The Hall–Kier alpha value is -3.68. The molecule has 36 heavy (non-hydrogen) atoms. The standard InChI is InChI=1S/C28H35N2O6/c1-20(2)15-24(17-31)30(28(34)36-19-23-13-9-6-10-14-23)26(32)25(16-21(3)4)29-27(33)35-18-22-11-7-5-8-12-22/h5-14,20-21,24-25H,15-16,18-19H2,1-4H3,(H,29,33)/t24-,25-/m0/s1. The van der Waals surface area contributed by atoms with Crippen LogP contribution < -0.4 is 5.32 Å². The first-order valence-electron chi connectivity index (χ1n) is 12.1. The predicted molar refractivity (Wildman–Crippen MR) is 135 cm³/mol. The number of imide groups is 1. The highest BCUT2D eigenvalue weighted by molar-refractivity contribution is 5.98. The molecule has 0 saturated carbocycles. The Bertz CT molecular complexity index is 978. The minimum Gasteiger partial charge on any atom is -0.445 e. The first kappa shape index (κ1) is 28.6. The normalized spacial score (nSPS) is 12.5. The van der Waals surface area contributed by atoms with Gasteiger partial charge in [0.2, 0.25) is 6.29 Å². The van der Waals surface area contributed by atoms with E-state index in [2.05, 4.69) is 5.32 Å². The summed E-state index contributed by atoms with van der Waals surface area (Å²) in [7, 11) is 0. The van der Waals surface area contributed by atoms with Gasteiger partial charge in [0.25, 0.3) is 5.91 Å². The number of ether oxygens (including phenoxy) is 2. The Morgan fingerprint density at radius 3 is 1.78 bits per heavy atom. The van der Waals surface area contributed by atoms with Crippen LogP contribution >= 0.6 is 0 Å². The minimum absolute atomic E-state index is 0.000628. The number of benzene rings is 2. The molecule has 0 bridgehead atoms. The van der Waals surface area contributed by atoms with E-state index in [4.69, 9.17) is 9.47 Å². The fraction of sp³-hybridized carbons (Fsp3) is 0.429. The molecule has 0 aromatic heterocycles. The molecule has 0 aliphatic carbocycles. The van der Waals surface area contributed by atoms with Gasteiger partial charge in [-0.05, 0) is 35.8 Å². The smallest absolute Gasteiger partial charge is 0.417 e. The van der Waals surface area contributed by atoms with Gasteiger partial charge in [0.05, 0.1) is 0 Å². The van der Waals surface area contributed by atoms with Gasteiger partial charge in [-0.15, -0.1) is 0 Å². The predicted octanol–water partition coefficient (Wildman–Crippen LogP) is 5.02. The summed E-state index contributed by atoms with van der Waals surface area (Å²) in [5.74, 6) is -0.743. The second kappa shape index (κ2) is 14.7. The lowest BCUT2D eigenvalue weighted by molar-refractivity contribution is -0.133. The van der Waals surface area contributed by atoms with Gasteiger partial charge in [0.1, 0.15) is 25.3 Å². The first-order valence-corrected chi connectivity index (χ1v) is 12.1. The van der Waals surface area contributed by atoms with Crippen LogP contribution in [0.5, 0.6) is 0 Å². The summed E-state index contributed by atoms with van der Waals surface area (Å²) in [5.41, 5.74) is 1.52. The Balaban J connectivity index is 2.20. The number of alkyl carbamates (subject to hydrolysis) is 1. The van der Waals surface area contributed by atoms with E-state index in [0.29, 0.717) is 0 Å². The maximum atomic E-state index is 13.6. The molecule has 0 aliphatic rings. The number of carbonyl (C=O) groups excluding carboxylic acids is 4. The van der Waals surface area contributed by atoms with Gasteiger partial charge in [-0.3, -0.25) is 9.59 Å². The summed E-state index contributed by atoms with van der Waals surface area (Å²) >= 11 is 0. The van der Waals surface area contributed by atoms with E-state index in [0.717, 1.165) is 16.0 Å². The van der Waals surface area contributed by atoms with E-state index in [1.807, 2.05) is 70.4 Å². The second-order valence-corrected chi connectivity index (χ2v) is 9.40. The number of hydrogen-bond acceptors (Lipinski definition) is 6. The second-order valence-electron chi connectivity index (χ2n) is 9.40. The molecule has 2 rings (SSSR count). The number of rotatable bonds is 12. The van der Waals surface area contributed by atoms with Crippen molar-refractivity contribution < 1.29 is 28.7 Å². The van der Waals surface area contributed by atoms with E-state index < -0.39 is 30.2 Å². The van der Waals surface area contributed by atoms with E-state index >= 15 is 0 Å². The zero-order valence-electron chi connectivity index (χ0n) is 21.3. The lowest BCUT2D eigenvalue weighted by Gasteiger charge is -2.30. The quantitative estimate of drug-likeness (QED) is 0.444. The van der Waals surface area contributed by atoms with Crippen LogP contribution in [-0.2, 0) is 32.3 Å². The lowest BCUT2D eigenvalue weighted by Crippen LogP contribution is -2.55. The third kappa shape index (κ3) is 9.52. The summed E-state index contributed by atoms with van der Waals surface area (Å²) < 4.78 is 10.7. The maximum absolute atomic E-state index is 13.6. The van der Waals surface area contributed by atoms with Crippen LogP contribution in [0.25, 0.3) is 0 Å². The molecular weight excluding hydrogens is 460 g/mol. The molecule has 0 aliphatic heterocycles. The van der Waals surface area contributed by atoms with Crippen molar-refractivity contribution in [2.24, 2.45) is 11.8 Å². The van der Waals surface area contributed by atoms with Crippen molar-refractivity contribution in [3.63, 3.8) is 0 Å². The van der Waals surface area contributed by atoms with Gasteiger partial charge in [-0.1, -0.05) is 88.4 Å². The minimum atomic E-state index is -1.16. The maximum Gasteiger partial charge on any atom is 0.417 e. The average Bonchev–Trinajstić information content (AvgIpc) is 2.86. The molecule has 0 spiro atoms. The Morgan fingerprint density at radius 1 is 0.806 bits per heavy atom. The molecule has 0 fully saturated rings. The summed E-state index contributed by atoms with van der Waals surface area (Å²) in [4.78, 5) is 51.9. The van der Waals surface area contributed by atoms with E-state index in [1.54, 1.807) is 24.3 Å². The zero-order chi connectivity index (χ0) is 26.5. The third-order valence-electron chi connectivity index (χ3n) is 5.29. The molecule has 1 radical (unpaired) electrons. The number of hydrogen-bond donors (Lipinski definition) is 1. The van der Waals surface area contributed by atoms with Crippen molar-refractivity contribution in [3.05, 3.63) is 71.8 Å². The van der Waals surface area contributed by atoms with Crippen molar-refractivity contribution in [2.45, 2.75) is 65.8 Å². The van der Waals surface area contributed by atoms with Gasteiger partial charge in [0, 0.05) is 0 Å². The highest BCUT2D eigenvalue weighted by Crippen LogP contribution is 2.17. The molecule has 1 N–H and O–H groups in total. The molecule has 0 unspecified atom stereocenters. The van der Waals surface area contributed by atoms with Crippen molar-refractivity contribution in [2.75, 3.05) is 0 Å². The van der Waals surface area contributed by atoms with Gasteiger partial charge in [-0.2, -0.15) is 0 Å². The highest BCUT2D eigenvalue weighted by atomic mass is 16.6. The third-order valence-corrected chi connectivity index (χ3v) is 5.29. The van der Waals surface area contributed by atoms with Crippen molar-refractivity contribution in [3.8, 4) is 0 Å². The lowest BCUT2D eigenvalue weighted by atomic mass is 9.99. The Kier molecular flexibility index (Phi) is 11.6. The molecule has 2 aromatic carbocycles. The van der Waals surface area contributed by atoms with Crippen LogP contribution in [0.15, 0.2) is 60.7 Å². The van der Waals surface area contributed by atoms with Gasteiger partial charge >= 0.3 is 12.2 Å². The number of nitrogens with zero attached hydrogens (tertiary/aromatic N) is 1. The molecular formula is C28H35N2O6. The van der Waals surface area contributed by atoms with Crippen LogP contribution in [0.2, 0.25) is 0 Å². The van der Waals surface area contributed by atoms with Crippen LogP contribution in [-0.4, -0.2) is 41.4 Å². The van der Waals surface area contributed by atoms with Gasteiger partial charge in [-0.25, -0.2) is 14.5 Å². The zero-order valence-corrected chi connectivity index (χ0v) is 21.3. The summed E-state index contributed by atoms with van der Waals surface area (Å²) in [6.45, 7) is 7.45. The Labute approximate surface area is 213 Å². The average molecular weight is 496 g/mol. The number of carbonyl (C=O) groups is 3. The molecule has 3 amide bonds. The molecule has 8 heteroatoms.